The van der Waals surface area contributed by atoms with Gasteiger partial charge < -0.3 is 5.32 Å². The van der Waals surface area contributed by atoms with Crippen molar-refractivity contribution in [2.45, 2.75) is 18.2 Å². The fourth-order valence-corrected chi connectivity index (χ4v) is 2.07. The minimum absolute atomic E-state index is 0.156. The lowest BCUT2D eigenvalue weighted by Gasteiger charge is -2.05. The molecule has 0 unspecified atom stereocenters. The first-order chi connectivity index (χ1) is 8.45. The van der Waals surface area contributed by atoms with Crippen molar-refractivity contribution in [3.8, 4) is 0 Å². The van der Waals surface area contributed by atoms with Gasteiger partial charge in [-0.1, -0.05) is 18.2 Å². The van der Waals surface area contributed by atoms with Crippen molar-refractivity contribution in [1.82, 2.24) is 5.32 Å². The van der Waals surface area contributed by atoms with Crippen LogP contribution in [0.2, 0.25) is 0 Å². The van der Waals surface area contributed by atoms with Gasteiger partial charge in [-0.15, -0.1) is 0 Å². The summed E-state index contributed by atoms with van der Waals surface area (Å²) in [7, 11) is -3.28. The number of sulfone groups is 1. The molecule has 0 aliphatic carbocycles. The summed E-state index contributed by atoms with van der Waals surface area (Å²) in [6, 6.07) is 6.03. The van der Waals surface area contributed by atoms with Crippen molar-refractivity contribution >= 4 is 15.7 Å². The summed E-state index contributed by atoms with van der Waals surface area (Å²) in [5.74, 6) is -0.259. The molecule has 0 atom stereocenters. The van der Waals surface area contributed by atoms with E-state index in [1.807, 2.05) is 19.1 Å². The van der Waals surface area contributed by atoms with Gasteiger partial charge in [0.1, 0.15) is 0 Å². The number of carbonyl (C=O) groups is 1. The highest BCUT2D eigenvalue weighted by Gasteiger charge is 2.10. The normalized spacial score (nSPS) is 11.7. The molecular formula is C13H17NO3S. The molecule has 0 saturated heterocycles. The molecule has 0 fully saturated rings. The Balaban J connectivity index is 2.75. The summed E-state index contributed by atoms with van der Waals surface area (Å²) < 4.78 is 22.7. The smallest absolute Gasteiger partial charge is 0.251 e. The minimum Gasteiger partial charge on any atom is -0.352 e. The monoisotopic (exact) mass is 267 g/mol. The van der Waals surface area contributed by atoms with E-state index in [1.165, 1.54) is 12.1 Å². The number of benzene rings is 1. The van der Waals surface area contributed by atoms with E-state index in [0.29, 0.717) is 12.1 Å². The number of carbonyl (C=O) groups excluding carboxylic acids is 1. The van der Waals surface area contributed by atoms with E-state index >= 15 is 0 Å². The van der Waals surface area contributed by atoms with Gasteiger partial charge in [0.05, 0.1) is 4.90 Å². The number of nitrogens with one attached hydrogen (secondary N) is 1. The average molecular weight is 267 g/mol. The third-order valence-electron chi connectivity index (χ3n) is 2.36. The zero-order chi connectivity index (χ0) is 13.6. The highest BCUT2D eigenvalue weighted by atomic mass is 32.2. The Kier molecular flexibility index (Phi) is 5.09. The van der Waals surface area contributed by atoms with Gasteiger partial charge in [-0.2, -0.15) is 0 Å². The van der Waals surface area contributed by atoms with Crippen LogP contribution in [0.4, 0.5) is 0 Å². The van der Waals surface area contributed by atoms with E-state index in [4.69, 9.17) is 0 Å². The molecule has 18 heavy (non-hydrogen) atoms. The summed E-state index contributed by atoms with van der Waals surface area (Å²) in [5, 5.41) is 2.73. The van der Waals surface area contributed by atoms with Crippen LogP contribution in [0, 0.1) is 0 Å². The Bertz CT molecular complexity index is 547. The molecule has 1 rings (SSSR count). The molecule has 4 nitrogen and oxygen atoms in total. The number of rotatable bonds is 5. The first kappa shape index (κ1) is 14.4. The van der Waals surface area contributed by atoms with Gasteiger partial charge in [0, 0.05) is 18.4 Å². The quantitative estimate of drug-likeness (QED) is 0.653. The van der Waals surface area contributed by atoms with Gasteiger partial charge in [-0.25, -0.2) is 8.42 Å². The third kappa shape index (κ3) is 4.33. The van der Waals surface area contributed by atoms with Crippen LogP contribution >= 0.6 is 0 Å². The second-order valence-electron chi connectivity index (χ2n) is 3.91. The summed E-state index contributed by atoms with van der Waals surface area (Å²) in [5.41, 5.74) is 0.360. The van der Waals surface area contributed by atoms with Crippen LogP contribution < -0.4 is 5.32 Å². The molecule has 1 aromatic carbocycles. The molecule has 0 radical (unpaired) electrons. The van der Waals surface area contributed by atoms with Crippen LogP contribution in [0.1, 0.15) is 23.7 Å². The summed E-state index contributed by atoms with van der Waals surface area (Å²) >= 11 is 0. The minimum atomic E-state index is -3.28. The maximum absolute atomic E-state index is 11.8. The van der Waals surface area contributed by atoms with Crippen molar-refractivity contribution < 1.29 is 13.2 Å². The summed E-state index contributed by atoms with van der Waals surface area (Å²) in [6.07, 6.45) is 5.74. The van der Waals surface area contributed by atoms with Crippen molar-refractivity contribution in [2.24, 2.45) is 0 Å². The highest BCUT2D eigenvalue weighted by Crippen LogP contribution is 2.11. The average Bonchev–Trinajstić information content (AvgIpc) is 2.33. The van der Waals surface area contributed by atoms with Gasteiger partial charge in [-0.3, -0.25) is 4.79 Å². The van der Waals surface area contributed by atoms with Crippen molar-refractivity contribution in [3.63, 3.8) is 0 Å². The predicted molar refractivity (Wildman–Crippen MR) is 71.3 cm³/mol. The van der Waals surface area contributed by atoms with Crippen LogP contribution in [0.25, 0.3) is 0 Å². The van der Waals surface area contributed by atoms with Crippen LogP contribution in [0.15, 0.2) is 41.3 Å². The zero-order valence-electron chi connectivity index (χ0n) is 10.5. The maximum atomic E-state index is 11.8. The van der Waals surface area contributed by atoms with Crippen LogP contribution in [0.3, 0.4) is 0 Å². The molecule has 0 spiro atoms. The number of amides is 1. The molecule has 5 heteroatoms. The van der Waals surface area contributed by atoms with Gasteiger partial charge in [0.15, 0.2) is 9.84 Å². The molecule has 0 aliphatic rings. The molecule has 1 N–H and O–H groups in total. The number of hydrogen-bond acceptors (Lipinski definition) is 3. The first-order valence-electron chi connectivity index (χ1n) is 5.64. The maximum Gasteiger partial charge on any atom is 0.251 e. The SMILES string of the molecule is C/C=C/CCNC(=O)c1cccc(S(C)(=O)=O)c1. The Hall–Kier alpha value is -1.62. The van der Waals surface area contributed by atoms with E-state index in [0.717, 1.165) is 12.7 Å². The molecular weight excluding hydrogens is 250 g/mol. The first-order valence-corrected chi connectivity index (χ1v) is 7.54. The lowest BCUT2D eigenvalue weighted by Crippen LogP contribution is -2.24. The Morgan fingerprint density at radius 1 is 1.39 bits per heavy atom. The topological polar surface area (TPSA) is 63.2 Å². The van der Waals surface area contributed by atoms with Crippen LogP contribution in [-0.2, 0) is 9.84 Å². The number of allylic oxidation sites excluding steroid dienone is 1. The van der Waals surface area contributed by atoms with Crippen LogP contribution in [-0.4, -0.2) is 27.1 Å². The third-order valence-corrected chi connectivity index (χ3v) is 3.47. The molecule has 0 saturated carbocycles. The molecule has 0 aromatic heterocycles. The Morgan fingerprint density at radius 3 is 2.72 bits per heavy atom. The van der Waals surface area contributed by atoms with Gasteiger partial charge in [0.2, 0.25) is 0 Å². The van der Waals surface area contributed by atoms with Gasteiger partial charge >= 0.3 is 0 Å². The molecule has 1 aromatic rings. The largest absolute Gasteiger partial charge is 0.352 e. The van der Waals surface area contributed by atoms with E-state index in [-0.39, 0.29) is 10.8 Å². The Morgan fingerprint density at radius 2 is 2.11 bits per heavy atom. The summed E-state index contributed by atoms with van der Waals surface area (Å²) in [6.45, 7) is 2.45. The lowest BCUT2D eigenvalue weighted by molar-refractivity contribution is 0.0954. The lowest BCUT2D eigenvalue weighted by atomic mass is 10.2. The van der Waals surface area contributed by atoms with Crippen molar-refractivity contribution in [3.05, 3.63) is 42.0 Å². The highest BCUT2D eigenvalue weighted by molar-refractivity contribution is 7.90. The summed E-state index contributed by atoms with van der Waals surface area (Å²) in [4.78, 5) is 11.9. The second-order valence-corrected chi connectivity index (χ2v) is 5.93. The van der Waals surface area contributed by atoms with Crippen molar-refractivity contribution in [1.29, 1.82) is 0 Å². The van der Waals surface area contributed by atoms with Gasteiger partial charge in [0.25, 0.3) is 5.91 Å². The molecule has 0 aliphatic heterocycles. The zero-order valence-corrected chi connectivity index (χ0v) is 11.3. The molecule has 0 heterocycles. The van der Waals surface area contributed by atoms with Gasteiger partial charge in [-0.05, 0) is 31.5 Å². The van der Waals surface area contributed by atoms with E-state index in [2.05, 4.69) is 5.32 Å². The second kappa shape index (κ2) is 6.35. The fourth-order valence-electron chi connectivity index (χ4n) is 1.41. The molecule has 1 amide bonds. The standard InChI is InChI=1S/C13H17NO3S/c1-3-4-5-9-14-13(15)11-7-6-8-12(10-11)18(2,16)17/h3-4,6-8,10H,5,9H2,1-2H3,(H,14,15)/b4-3+. The van der Waals surface area contributed by atoms with Crippen molar-refractivity contribution in [2.75, 3.05) is 12.8 Å². The predicted octanol–water partition coefficient (Wildman–Crippen LogP) is 1.79. The molecule has 98 valence electrons. The van der Waals surface area contributed by atoms with E-state index < -0.39 is 9.84 Å². The fraction of sp³-hybridized carbons (Fsp3) is 0.308. The Labute approximate surface area is 108 Å². The van der Waals surface area contributed by atoms with E-state index in [1.54, 1.807) is 12.1 Å². The van der Waals surface area contributed by atoms with E-state index in [9.17, 15) is 13.2 Å². The number of hydrogen-bond donors (Lipinski definition) is 1. The molecule has 0 bridgehead atoms. The van der Waals surface area contributed by atoms with Crippen LogP contribution in [0.5, 0.6) is 0 Å².